The van der Waals surface area contributed by atoms with Crippen LogP contribution in [0, 0.1) is 0 Å². The number of rotatable bonds is 5. The second-order valence-corrected chi connectivity index (χ2v) is 7.32. The van der Waals surface area contributed by atoms with Gasteiger partial charge in [-0.15, -0.1) is 0 Å². The van der Waals surface area contributed by atoms with E-state index >= 15 is 0 Å². The highest BCUT2D eigenvalue weighted by Crippen LogP contribution is 2.25. The second-order valence-electron chi connectivity index (χ2n) is 5.43. The summed E-state index contributed by atoms with van der Waals surface area (Å²) in [5.74, 6) is 0. The number of hydrogen-bond donors (Lipinski definition) is 1. The maximum absolute atomic E-state index is 12.6. The van der Waals surface area contributed by atoms with E-state index in [-0.39, 0.29) is 12.6 Å². The molecule has 4 nitrogen and oxygen atoms in total. The molecule has 1 atom stereocenters. The van der Waals surface area contributed by atoms with Gasteiger partial charge in [0.1, 0.15) is 0 Å². The summed E-state index contributed by atoms with van der Waals surface area (Å²) in [5, 5.41) is 8.81. The molecule has 0 amide bonds. The smallest absolute Gasteiger partial charge is 0.243 e. The average molecular weight is 297 g/mol. The van der Waals surface area contributed by atoms with Gasteiger partial charge in [-0.2, -0.15) is 4.31 Å². The van der Waals surface area contributed by atoms with Crippen molar-refractivity contribution in [3.05, 3.63) is 29.8 Å². The summed E-state index contributed by atoms with van der Waals surface area (Å²) in [7, 11) is -3.36. The fourth-order valence-corrected chi connectivity index (χ4v) is 4.37. The largest absolute Gasteiger partial charge is 0.396 e. The Morgan fingerprint density at radius 3 is 2.55 bits per heavy atom. The molecule has 0 bridgehead atoms. The molecule has 1 fully saturated rings. The molecular weight excluding hydrogens is 274 g/mol. The number of aryl methyl sites for hydroxylation is 1. The molecule has 112 valence electrons. The molecule has 2 rings (SSSR count). The molecule has 0 spiro atoms. The van der Waals surface area contributed by atoms with Crippen LogP contribution in [0.15, 0.2) is 29.2 Å². The Labute approximate surface area is 121 Å². The molecule has 1 saturated heterocycles. The van der Waals surface area contributed by atoms with Gasteiger partial charge in [0.2, 0.25) is 10.0 Å². The number of benzene rings is 1. The normalized spacial score (nSPS) is 21.0. The fourth-order valence-electron chi connectivity index (χ4n) is 2.68. The van der Waals surface area contributed by atoms with Crippen LogP contribution in [-0.2, 0) is 16.4 Å². The van der Waals surface area contributed by atoms with Crippen LogP contribution >= 0.6 is 0 Å². The van der Waals surface area contributed by atoms with Crippen LogP contribution in [0.1, 0.15) is 38.2 Å². The third-order valence-electron chi connectivity index (χ3n) is 3.90. The quantitative estimate of drug-likeness (QED) is 0.906. The van der Waals surface area contributed by atoms with E-state index in [0.717, 1.165) is 31.2 Å². The number of aliphatic hydroxyl groups is 1. The van der Waals surface area contributed by atoms with Crippen molar-refractivity contribution in [2.45, 2.75) is 50.0 Å². The second kappa shape index (κ2) is 6.70. The van der Waals surface area contributed by atoms with Gasteiger partial charge in [0.05, 0.1) is 4.90 Å². The van der Waals surface area contributed by atoms with Crippen LogP contribution in [0.25, 0.3) is 0 Å². The summed E-state index contributed by atoms with van der Waals surface area (Å²) in [6.45, 7) is 2.76. The van der Waals surface area contributed by atoms with E-state index in [1.165, 1.54) is 0 Å². The van der Waals surface area contributed by atoms with E-state index in [2.05, 4.69) is 0 Å². The van der Waals surface area contributed by atoms with E-state index in [1.54, 1.807) is 16.4 Å². The zero-order chi connectivity index (χ0) is 14.6. The molecule has 1 aromatic rings. The Hall–Kier alpha value is -0.910. The lowest BCUT2D eigenvalue weighted by atomic mass is 10.1. The SMILES string of the molecule is CC1CCCCN1S(=O)(=O)c1ccc(CCCO)cc1. The first-order valence-corrected chi connectivity index (χ1v) is 8.71. The van der Waals surface area contributed by atoms with Crippen molar-refractivity contribution in [3.63, 3.8) is 0 Å². The van der Waals surface area contributed by atoms with Gasteiger partial charge >= 0.3 is 0 Å². The van der Waals surface area contributed by atoms with E-state index in [0.29, 0.717) is 17.9 Å². The van der Waals surface area contributed by atoms with Gasteiger partial charge < -0.3 is 5.11 Å². The molecule has 0 radical (unpaired) electrons. The predicted molar refractivity (Wildman–Crippen MR) is 79.1 cm³/mol. The van der Waals surface area contributed by atoms with Crippen LogP contribution in [0.4, 0.5) is 0 Å². The average Bonchev–Trinajstić information content (AvgIpc) is 2.46. The number of hydrogen-bond acceptors (Lipinski definition) is 3. The van der Waals surface area contributed by atoms with E-state index < -0.39 is 10.0 Å². The molecule has 1 aromatic carbocycles. The summed E-state index contributed by atoms with van der Waals surface area (Å²) < 4.78 is 26.8. The monoisotopic (exact) mass is 297 g/mol. The van der Waals surface area contributed by atoms with Crippen molar-refractivity contribution in [2.75, 3.05) is 13.2 Å². The Balaban J connectivity index is 2.16. The molecule has 5 heteroatoms. The topological polar surface area (TPSA) is 57.6 Å². The van der Waals surface area contributed by atoms with E-state index in [1.807, 2.05) is 19.1 Å². The van der Waals surface area contributed by atoms with Crippen molar-refractivity contribution in [3.8, 4) is 0 Å². The zero-order valence-electron chi connectivity index (χ0n) is 12.0. The highest BCUT2D eigenvalue weighted by molar-refractivity contribution is 7.89. The lowest BCUT2D eigenvalue weighted by Crippen LogP contribution is -2.41. The third-order valence-corrected chi connectivity index (χ3v) is 5.92. The molecule has 0 aromatic heterocycles. The zero-order valence-corrected chi connectivity index (χ0v) is 12.8. The van der Waals surface area contributed by atoms with Gasteiger partial charge in [-0.05, 0) is 50.3 Å². The van der Waals surface area contributed by atoms with Crippen LogP contribution in [0.3, 0.4) is 0 Å². The van der Waals surface area contributed by atoms with Crippen molar-refractivity contribution >= 4 is 10.0 Å². The maximum atomic E-state index is 12.6. The Morgan fingerprint density at radius 2 is 1.95 bits per heavy atom. The Bertz CT molecular complexity index is 525. The predicted octanol–water partition coefficient (Wildman–Crippen LogP) is 2.17. The van der Waals surface area contributed by atoms with Gasteiger partial charge in [-0.25, -0.2) is 8.42 Å². The molecule has 0 saturated carbocycles. The molecule has 1 aliphatic heterocycles. The van der Waals surface area contributed by atoms with Crippen molar-refractivity contribution in [2.24, 2.45) is 0 Å². The van der Waals surface area contributed by atoms with E-state index in [4.69, 9.17) is 5.11 Å². The summed E-state index contributed by atoms with van der Waals surface area (Å²) in [5.41, 5.74) is 1.06. The van der Waals surface area contributed by atoms with Gasteiger partial charge in [0.25, 0.3) is 0 Å². The summed E-state index contributed by atoms with van der Waals surface area (Å²) in [4.78, 5) is 0.374. The highest BCUT2D eigenvalue weighted by Gasteiger charge is 2.30. The first kappa shape index (κ1) is 15.5. The first-order valence-electron chi connectivity index (χ1n) is 7.27. The number of piperidine rings is 1. The number of aliphatic hydroxyl groups excluding tert-OH is 1. The minimum atomic E-state index is -3.36. The first-order chi connectivity index (χ1) is 9.55. The Kier molecular flexibility index (Phi) is 5.18. The molecule has 1 heterocycles. The van der Waals surface area contributed by atoms with Crippen molar-refractivity contribution in [1.82, 2.24) is 4.31 Å². The molecular formula is C15H23NO3S. The van der Waals surface area contributed by atoms with Crippen LogP contribution in [-0.4, -0.2) is 37.0 Å². The lowest BCUT2D eigenvalue weighted by Gasteiger charge is -2.32. The summed E-state index contributed by atoms with van der Waals surface area (Å²) >= 11 is 0. The van der Waals surface area contributed by atoms with Gasteiger partial charge in [-0.1, -0.05) is 18.6 Å². The van der Waals surface area contributed by atoms with E-state index in [9.17, 15) is 8.42 Å². The molecule has 1 unspecified atom stereocenters. The molecule has 20 heavy (non-hydrogen) atoms. The highest BCUT2D eigenvalue weighted by atomic mass is 32.2. The fraction of sp³-hybridized carbons (Fsp3) is 0.600. The lowest BCUT2D eigenvalue weighted by molar-refractivity contribution is 0.268. The summed E-state index contributed by atoms with van der Waals surface area (Å²) in [6, 6.07) is 7.14. The van der Waals surface area contributed by atoms with Gasteiger partial charge in [0.15, 0.2) is 0 Å². The van der Waals surface area contributed by atoms with Gasteiger partial charge in [0, 0.05) is 19.2 Å². The Morgan fingerprint density at radius 1 is 1.25 bits per heavy atom. The minimum absolute atomic E-state index is 0.0859. The third kappa shape index (κ3) is 3.40. The van der Waals surface area contributed by atoms with Crippen LogP contribution in [0.2, 0.25) is 0 Å². The van der Waals surface area contributed by atoms with Crippen LogP contribution in [0.5, 0.6) is 0 Å². The summed E-state index contributed by atoms with van der Waals surface area (Å²) in [6.07, 6.45) is 4.46. The standard InChI is InChI=1S/C15H23NO3S/c1-13-5-2-3-11-16(13)20(18,19)15-9-7-14(8-10-15)6-4-12-17/h7-10,13,17H,2-6,11-12H2,1H3. The van der Waals surface area contributed by atoms with Crippen molar-refractivity contribution in [1.29, 1.82) is 0 Å². The molecule has 0 aliphatic carbocycles. The molecule has 1 aliphatic rings. The maximum Gasteiger partial charge on any atom is 0.243 e. The number of nitrogens with zero attached hydrogens (tertiary/aromatic N) is 1. The minimum Gasteiger partial charge on any atom is -0.396 e. The molecule has 1 N–H and O–H groups in total. The van der Waals surface area contributed by atoms with Gasteiger partial charge in [-0.3, -0.25) is 0 Å². The van der Waals surface area contributed by atoms with Crippen molar-refractivity contribution < 1.29 is 13.5 Å². The van der Waals surface area contributed by atoms with Crippen LogP contribution < -0.4 is 0 Å². The number of sulfonamides is 1.